The van der Waals surface area contributed by atoms with Gasteiger partial charge in [-0.1, -0.05) is 0 Å². The minimum Gasteiger partial charge on any atom is -0.479 e. The Morgan fingerprint density at radius 1 is 1.67 bits per heavy atom. The summed E-state index contributed by atoms with van der Waals surface area (Å²) in [6.07, 6.45) is 0. The standard InChI is InChI=1S/C8H14N2O4S/c1-6-5-15-3-2-10(6)8(13)9-14-4-7(11)12/h6H,2-5H2,1H3,(H,9,13)(H,11,12). The average molecular weight is 234 g/mol. The molecule has 15 heavy (non-hydrogen) atoms. The van der Waals surface area contributed by atoms with Gasteiger partial charge in [-0.05, 0) is 6.92 Å². The highest BCUT2D eigenvalue weighted by molar-refractivity contribution is 7.99. The monoisotopic (exact) mass is 234 g/mol. The van der Waals surface area contributed by atoms with Gasteiger partial charge in [0.1, 0.15) is 0 Å². The van der Waals surface area contributed by atoms with Crippen molar-refractivity contribution in [3.63, 3.8) is 0 Å². The molecule has 1 aliphatic heterocycles. The quantitative estimate of drug-likeness (QED) is 0.679. The number of carbonyl (C=O) groups excluding carboxylic acids is 1. The van der Waals surface area contributed by atoms with Gasteiger partial charge in [0.25, 0.3) is 0 Å². The molecule has 2 N–H and O–H groups in total. The molecule has 1 aliphatic rings. The molecule has 86 valence electrons. The Bertz CT molecular complexity index is 249. The second-order valence-corrected chi connectivity index (χ2v) is 4.36. The van der Waals surface area contributed by atoms with E-state index in [1.807, 2.05) is 6.92 Å². The highest BCUT2D eigenvalue weighted by Crippen LogP contribution is 2.15. The summed E-state index contributed by atoms with van der Waals surface area (Å²) in [6, 6.07) is -0.221. The van der Waals surface area contributed by atoms with E-state index in [0.29, 0.717) is 6.54 Å². The molecule has 1 atom stereocenters. The van der Waals surface area contributed by atoms with E-state index in [2.05, 4.69) is 10.3 Å². The largest absolute Gasteiger partial charge is 0.479 e. The number of aliphatic carboxylic acids is 1. The number of rotatable bonds is 3. The first-order valence-electron chi connectivity index (χ1n) is 4.59. The van der Waals surface area contributed by atoms with Crippen LogP contribution < -0.4 is 5.48 Å². The lowest BCUT2D eigenvalue weighted by Gasteiger charge is -2.32. The van der Waals surface area contributed by atoms with Crippen LogP contribution >= 0.6 is 11.8 Å². The number of thioether (sulfide) groups is 1. The van der Waals surface area contributed by atoms with Crippen LogP contribution in [0, 0.1) is 0 Å². The predicted octanol–water partition coefficient (Wildman–Crippen LogP) is 0.150. The normalized spacial score (nSPS) is 21.1. The molecule has 0 radical (unpaired) electrons. The Morgan fingerprint density at radius 3 is 3.00 bits per heavy atom. The fourth-order valence-electron chi connectivity index (χ4n) is 1.25. The Balaban J connectivity index is 2.29. The summed E-state index contributed by atoms with van der Waals surface area (Å²) < 4.78 is 0. The number of carbonyl (C=O) groups is 2. The van der Waals surface area contributed by atoms with E-state index in [1.54, 1.807) is 16.7 Å². The number of carboxylic acid groups (broad SMARTS) is 1. The maximum atomic E-state index is 11.5. The van der Waals surface area contributed by atoms with E-state index in [0.717, 1.165) is 11.5 Å². The van der Waals surface area contributed by atoms with Gasteiger partial charge >= 0.3 is 12.0 Å². The predicted molar refractivity (Wildman–Crippen MR) is 55.6 cm³/mol. The average Bonchev–Trinajstić information content (AvgIpc) is 2.17. The van der Waals surface area contributed by atoms with Gasteiger partial charge in [-0.2, -0.15) is 11.8 Å². The van der Waals surface area contributed by atoms with E-state index in [4.69, 9.17) is 5.11 Å². The second kappa shape index (κ2) is 5.82. The number of urea groups is 1. The second-order valence-electron chi connectivity index (χ2n) is 3.21. The Hall–Kier alpha value is -0.950. The molecule has 0 spiro atoms. The molecule has 0 aromatic rings. The van der Waals surface area contributed by atoms with Crippen molar-refractivity contribution >= 4 is 23.8 Å². The van der Waals surface area contributed by atoms with Crippen LogP contribution in [0.4, 0.5) is 4.79 Å². The van der Waals surface area contributed by atoms with E-state index in [9.17, 15) is 9.59 Å². The fourth-order valence-corrected chi connectivity index (χ4v) is 2.26. The van der Waals surface area contributed by atoms with E-state index < -0.39 is 12.6 Å². The maximum Gasteiger partial charge on any atom is 0.341 e. The third-order valence-electron chi connectivity index (χ3n) is 1.98. The molecule has 0 saturated carbocycles. The fraction of sp³-hybridized carbons (Fsp3) is 0.750. The van der Waals surface area contributed by atoms with Crippen LogP contribution in [0.2, 0.25) is 0 Å². The van der Waals surface area contributed by atoms with Crippen molar-refractivity contribution in [2.45, 2.75) is 13.0 Å². The number of nitrogens with one attached hydrogen (secondary N) is 1. The van der Waals surface area contributed by atoms with Gasteiger partial charge in [0, 0.05) is 24.1 Å². The minimum absolute atomic E-state index is 0.150. The summed E-state index contributed by atoms with van der Waals surface area (Å²) in [5, 5.41) is 8.30. The zero-order valence-electron chi connectivity index (χ0n) is 8.43. The number of carboxylic acids is 1. The summed E-state index contributed by atoms with van der Waals surface area (Å²) in [5.41, 5.74) is 2.11. The number of amides is 2. The molecule has 0 aromatic heterocycles. The van der Waals surface area contributed by atoms with E-state index in [-0.39, 0.29) is 12.1 Å². The smallest absolute Gasteiger partial charge is 0.341 e. The number of hydrogen-bond donors (Lipinski definition) is 2. The molecule has 0 aliphatic carbocycles. The Morgan fingerprint density at radius 2 is 2.40 bits per heavy atom. The van der Waals surface area contributed by atoms with Crippen molar-refractivity contribution in [2.24, 2.45) is 0 Å². The van der Waals surface area contributed by atoms with Crippen LogP contribution in [-0.2, 0) is 9.63 Å². The number of hydroxylamine groups is 1. The van der Waals surface area contributed by atoms with Crippen LogP contribution in [0.3, 0.4) is 0 Å². The molecule has 7 heteroatoms. The molecule has 1 unspecified atom stereocenters. The summed E-state index contributed by atoms with van der Waals surface area (Å²) in [7, 11) is 0. The molecule has 6 nitrogen and oxygen atoms in total. The zero-order valence-corrected chi connectivity index (χ0v) is 9.25. The summed E-state index contributed by atoms with van der Waals surface area (Å²) in [5.74, 6) is 0.681. The zero-order chi connectivity index (χ0) is 11.3. The molecule has 2 amide bonds. The molecule has 1 rings (SSSR count). The van der Waals surface area contributed by atoms with Crippen molar-refractivity contribution < 1.29 is 19.5 Å². The summed E-state index contributed by atoms with van der Waals surface area (Å²) in [6.45, 7) is 2.08. The first-order chi connectivity index (χ1) is 7.11. The van der Waals surface area contributed by atoms with E-state index >= 15 is 0 Å². The highest BCUT2D eigenvalue weighted by atomic mass is 32.2. The molecule has 1 heterocycles. The van der Waals surface area contributed by atoms with Gasteiger partial charge in [-0.25, -0.2) is 15.1 Å². The topological polar surface area (TPSA) is 78.9 Å². The third kappa shape index (κ3) is 3.96. The minimum atomic E-state index is -1.11. The van der Waals surface area contributed by atoms with Crippen LogP contribution in [0.5, 0.6) is 0 Å². The summed E-state index contributed by atoms with van der Waals surface area (Å²) in [4.78, 5) is 27.8. The van der Waals surface area contributed by atoms with Crippen molar-refractivity contribution in [3.8, 4) is 0 Å². The Labute approximate surface area is 91.9 Å². The first kappa shape index (κ1) is 12.1. The van der Waals surface area contributed by atoms with Crippen LogP contribution in [-0.4, -0.2) is 52.7 Å². The molecular formula is C8H14N2O4S. The maximum absolute atomic E-state index is 11.5. The number of hydrogen-bond acceptors (Lipinski definition) is 4. The Kier molecular flexibility index (Phi) is 4.70. The van der Waals surface area contributed by atoms with Crippen molar-refractivity contribution in [2.75, 3.05) is 24.7 Å². The summed E-state index contributed by atoms with van der Waals surface area (Å²) >= 11 is 1.80. The molecular weight excluding hydrogens is 220 g/mol. The molecule has 1 saturated heterocycles. The van der Waals surface area contributed by atoms with Gasteiger partial charge in [-0.3, -0.25) is 4.84 Å². The van der Waals surface area contributed by atoms with Crippen LogP contribution in [0.15, 0.2) is 0 Å². The van der Waals surface area contributed by atoms with Crippen molar-refractivity contribution in [3.05, 3.63) is 0 Å². The molecule has 0 bridgehead atoms. The lowest BCUT2D eigenvalue weighted by molar-refractivity contribution is -0.144. The van der Waals surface area contributed by atoms with Gasteiger partial charge in [0.2, 0.25) is 0 Å². The van der Waals surface area contributed by atoms with Gasteiger partial charge in [-0.15, -0.1) is 0 Å². The van der Waals surface area contributed by atoms with Crippen molar-refractivity contribution in [1.29, 1.82) is 0 Å². The van der Waals surface area contributed by atoms with Gasteiger partial charge in [0.15, 0.2) is 6.61 Å². The lowest BCUT2D eigenvalue weighted by atomic mass is 10.3. The number of nitrogens with zero attached hydrogens (tertiary/aromatic N) is 1. The van der Waals surface area contributed by atoms with Crippen LogP contribution in [0.25, 0.3) is 0 Å². The van der Waals surface area contributed by atoms with Crippen LogP contribution in [0.1, 0.15) is 6.92 Å². The molecule has 1 fully saturated rings. The highest BCUT2D eigenvalue weighted by Gasteiger charge is 2.23. The van der Waals surface area contributed by atoms with Gasteiger partial charge in [0.05, 0.1) is 0 Å². The molecule has 0 aromatic carbocycles. The van der Waals surface area contributed by atoms with E-state index in [1.165, 1.54) is 0 Å². The third-order valence-corrected chi connectivity index (χ3v) is 3.17. The SMILES string of the molecule is CC1CSCCN1C(=O)NOCC(=O)O. The lowest BCUT2D eigenvalue weighted by Crippen LogP contribution is -2.49. The first-order valence-corrected chi connectivity index (χ1v) is 5.74. The van der Waals surface area contributed by atoms with Crippen molar-refractivity contribution in [1.82, 2.24) is 10.4 Å². The van der Waals surface area contributed by atoms with Gasteiger partial charge < -0.3 is 10.0 Å².